The van der Waals surface area contributed by atoms with E-state index in [1.807, 2.05) is 30.3 Å². The van der Waals surface area contributed by atoms with Crippen molar-refractivity contribution in [3.63, 3.8) is 0 Å². The van der Waals surface area contributed by atoms with Gasteiger partial charge in [-0.2, -0.15) is 0 Å². The van der Waals surface area contributed by atoms with Gasteiger partial charge in [0, 0.05) is 25.4 Å². The van der Waals surface area contributed by atoms with Gasteiger partial charge in [-0.15, -0.1) is 0 Å². The summed E-state index contributed by atoms with van der Waals surface area (Å²) in [4.78, 5) is 13.0. The average molecular weight is 349 g/mol. The van der Waals surface area contributed by atoms with Crippen LogP contribution in [0, 0.1) is 0 Å². The van der Waals surface area contributed by atoms with Crippen molar-refractivity contribution < 1.29 is 18.7 Å². The molecule has 0 N–H and O–H groups in total. The fourth-order valence-corrected chi connectivity index (χ4v) is 4.55. The van der Waals surface area contributed by atoms with E-state index in [0.29, 0.717) is 6.42 Å². The molecule has 132 valence electrons. The van der Waals surface area contributed by atoms with E-state index >= 15 is 0 Å². The van der Waals surface area contributed by atoms with Crippen molar-refractivity contribution in [1.29, 1.82) is 0 Å². The molecule has 2 atom stereocenters. The highest BCUT2D eigenvalue weighted by Crippen LogP contribution is 2.47. The summed E-state index contributed by atoms with van der Waals surface area (Å²) in [7, 11) is 1.12. The monoisotopic (exact) mass is 348 g/mol. The summed E-state index contributed by atoms with van der Waals surface area (Å²) < 4.78 is 18.0. The van der Waals surface area contributed by atoms with Crippen LogP contribution in [0.4, 0.5) is 0 Å². The second-order valence-electron chi connectivity index (χ2n) is 7.04. The molecule has 0 saturated carbocycles. The van der Waals surface area contributed by atoms with E-state index in [2.05, 4.69) is 26.6 Å². The summed E-state index contributed by atoms with van der Waals surface area (Å²) in [6.45, 7) is 8.33. The Morgan fingerprint density at radius 2 is 1.75 bits per heavy atom. The van der Waals surface area contributed by atoms with E-state index in [-0.39, 0.29) is 5.78 Å². The van der Waals surface area contributed by atoms with Gasteiger partial charge in [0.2, 0.25) is 5.79 Å². The van der Waals surface area contributed by atoms with Crippen molar-refractivity contribution in [3.05, 3.63) is 41.5 Å². The number of carbonyl (C=O) groups excluding carboxylic acids is 1. The highest BCUT2D eigenvalue weighted by Gasteiger charge is 2.57. The summed E-state index contributed by atoms with van der Waals surface area (Å²) in [5.74, 6) is -1.21. The van der Waals surface area contributed by atoms with Gasteiger partial charge in [0.25, 0.3) is 0 Å². The third-order valence-electron chi connectivity index (χ3n) is 4.09. The van der Waals surface area contributed by atoms with Crippen molar-refractivity contribution in [2.24, 2.45) is 0 Å². The molecule has 2 unspecified atom stereocenters. The molecular weight excluding hydrogens is 320 g/mol. The van der Waals surface area contributed by atoms with Crippen LogP contribution in [0.15, 0.2) is 35.9 Å². The first-order valence-electron chi connectivity index (χ1n) is 8.42. The van der Waals surface area contributed by atoms with E-state index in [4.69, 9.17) is 13.9 Å². The summed E-state index contributed by atoms with van der Waals surface area (Å²) in [5.41, 5.74) is 2.54. The number of Topliss-reactive ketones (excluding diaryl/α,β-unsaturated/α-hetero) is 1. The number of ketones is 1. The van der Waals surface area contributed by atoms with Gasteiger partial charge in [-0.1, -0.05) is 43.7 Å². The number of carbonyl (C=O) groups is 1. The largest absolute Gasteiger partial charge is 0.385 e. The number of hydrogen-bond donors (Lipinski definition) is 0. The predicted molar refractivity (Wildman–Crippen MR) is 98.2 cm³/mol. The minimum atomic E-state index is -2.02. The Morgan fingerprint density at radius 1 is 1.12 bits per heavy atom. The first kappa shape index (κ1) is 19.1. The first-order valence-corrected chi connectivity index (χ1v) is 11.8. The van der Waals surface area contributed by atoms with Gasteiger partial charge in [-0.05, 0) is 31.6 Å². The van der Waals surface area contributed by atoms with E-state index in [9.17, 15) is 4.79 Å². The molecule has 0 radical (unpaired) electrons. The van der Waals surface area contributed by atoms with Crippen LogP contribution < -0.4 is 0 Å². The lowest BCUT2D eigenvalue weighted by molar-refractivity contribution is -0.190. The second-order valence-corrected chi connectivity index (χ2v) is 11.5. The van der Waals surface area contributed by atoms with Crippen LogP contribution in [0.2, 0.25) is 19.6 Å². The van der Waals surface area contributed by atoms with Gasteiger partial charge in [-0.25, -0.2) is 0 Å². The molecule has 5 heteroatoms. The van der Waals surface area contributed by atoms with E-state index in [0.717, 1.165) is 23.1 Å². The van der Waals surface area contributed by atoms with Gasteiger partial charge in [-0.3, -0.25) is 4.79 Å². The molecule has 0 bridgehead atoms. The minimum Gasteiger partial charge on any atom is -0.385 e. The van der Waals surface area contributed by atoms with Crippen LogP contribution in [0.5, 0.6) is 0 Å². The van der Waals surface area contributed by atoms with Gasteiger partial charge >= 0.3 is 0 Å². The van der Waals surface area contributed by atoms with Crippen molar-refractivity contribution in [2.75, 3.05) is 14.2 Å². The molecule has 0 heterocycles. The molecule has 0 aliphatic heterocycles. The normalized spacial score (nSPS) is 24.8. The smallest absolute Gasteiger partial charge is 0.221 e. The Balaban J connectivity index is 2.72. The predicted octanol–water partition coefficient (Wildman–Crippen LogP) is 4.03. The van der Waals surface area contributed by atoms with Crippen LogP contribution >= 0.6 is 0 Å². The fraction of sp³-hybridized carbons (Fsp3) is 0.526. The van der Waals surface area contributed by atoms with Crippen LogP contribution in [0.3, 0.4) is 0 Å². The molecule has 2 rings (SSSR count). The fourth-order valence-electron chi connectivity index (χ4n) is 3.35. The van der Waals surface area contributed by atoms with Gasteiger partial charge in [0.05, 0.1) is 0 Å². The molecule has 1 aromatic carbocycles. The second kappa shape index (κ2) is 7.31. The Kier molecular flexibility index (Phi) is 5.81. The number of methoxy groups -OCH3 is 2. The molecule has 0 spiro atoms. The van der Waals surface area contributed by atoms with Gasteiger partial charge in [0.1, 0.15) is 0 Å². The lowest BCUT2D eigenvalue weighted by Crippen LogP contribution is -2.53. The highest BCUT2D eigenvalue weighted by atomic mass is 28.4. The van der Waals surface area contributed by atoms with Gasteiger partial charge in [0.15, 0.2) is 20.2 Å². The van der Waals surface area contributed by atoms with Crippen molar-refractivity contribution in [2.45, 2.75) is 51.3 Å². The maximum absolute atomic E-state index is 13.0. The summed E-state index contributed by atoms with van der Waals surface area (Å²) in [6, 6.07) is 9.88. The molecule has 1 aliphatic rings. The third-order valence-corrected chi connectivity index (χ3v) is 5.01. The summed E-state index contributed by atoms with van der Waals surface area (Å²) in [6.07, 6.45) is 0.787. The molecule has 0 aromatic heterocycles. The summed E-state index contributed by atoms with van der Waals surface area (Å²) in [5, 5.41) is 0. The molecule has 0 amide bonds. The molecule has 24 heavy (non-hydrogen) atoms. The van der Waals surface area contributed by atoms with Crippen LogP contribution in [-0.2, 0) is 18.7 Å². The SMILES string of the molecule is CCCC1=C(c2ccccc2)C(OC)(O[Si](C)(C)C)C(OC)C1=O. The van der Waals surface area contributed by atoms with E-state index < -0.39 is 20.2 Å². The molecule has 4 nitrogen and oxygen atoms in total. The van der Waals surface area contributed by atoms with Crippen molar-refractivity contribution >= 4 is 19.7 Å². The standard InChI is InChI=1S/C19H28O4Si/c1-7-11-15-16(14-12-9-8-10-13-14)19(22-3,23-24(4,5)6)18(21-2)17(15)20/h8-10,12-13,18H,7,11H2,1-6H3. The Labute approximate surface area is 145 Å². The zero-order valence-electron chi connectivity index (χ0n) is 15.5. The number of hydrogen-bond acceptors (Lipinski definition) is 4. The Morgan fingerprint density at radius 3 is 2.21 bits per heavy atom. The average Bonchev–Trinajstić information content (AvgIpc) is 2.75. The highest BCUT2D eigenvalue weighted by molar-refractivity contribution is 6.70. The topological polar surface area (TPSA) is 44.8 Å². The molecule has 0 saturated heterocycles. The van der Waals surface area contributed by atoms with Crippen LogP contribution in [0.1, 0.15) is 25.3 Å². The van der Waals surface area contributed by atoms with E-state index in [1.54, 1.807) is 14.2 Å². The van der Waals surface area contributed by atoms with E-state index in [1.165, 1.54) is 0 Å². The quantitative estimate of drug-likeness (QED) is 0.551. The van der Waals surface area contributed by atoms with Gasteiger partial charge < -0.3 is 13.9 Å². The number of ether oxygens (including phenoxy) is 2. The zero-order valence-corrected chi connectivity index (χ0v) is 16.5. The zero-order chi connectivity index (χ0) is 18.0. The van der Waals surface area contributed by atoms with Crippen LogP contribution in [0.25, 0.3) is 5.57 Å². The molecule has 0 fully saturated rings. The molecule has 1 aliphatic carbocycles. The minimum absolute atomic E-state index is 0.0293. The number of benzene rings is 1. The maximum atomic E-state index is 13.0. The lowest BCUT2D eigenvalue weighted by atomic mass is 9.96. The molecular formula is C19H28O4Si. The Hall–Kier alpha value is -1.27. The number of rotatable bonds is 7. The third kappa shape index (κ3) is 3.40. The van der Waals surface area contributed by atoms with Crippen LogP contribution in [-0.4, -0.2) is 40.2 Å². The van der Waals surface area contributed by atoms with Crippen molar-refractivity contribution in [1.82, 2.24) is 0 Å². The maximum Gasteiger partial charge on any atom is 0.221 e. The Bertz CT molecular complexity index is 618. The molecule has 1 aromatic rings. The first-order chi connectivity index (χ1) is 11.3. The summed E-state index contributed by atoms with van der Waals surface area (Å²) >= 11 is 0. The lowest BCUT2D eigenvalue weighted by Gasteiger charge is -2.40. The van der Waals surface area contributed by atoms with Crippen molar-refractivity contribution in [3.8, 4) is 0 Å².